The number of nitrogen functional groups attached to an aromatic ring is 1. The highest BCUT2D eigenvalue weighted by Crippen LogP contribution is 2.11. The average molecular weight is 208 g/mol. The number of primary amides is 1. The first-order chi connectivity index (χ1) is 7.00. The summed E-state index contributed by atoms with van der Waals surface area (Å²) in [5.41, 5.74) is 10.8. The molecule has 0 aliphatic rings. The predicted molar refractivity (Wildman–Crippen MR) is 60.1 cm³/mol. The number of anilines is 2. The second kappa shape index (κ2) is 4.63. The van der Waals surface area contributed by atoms with Gasteiger partial charge in [-0.05, 0) is 18.1 Å². The van der Waals surface area contributed by atoms with E-state index in [0.29, 0.717) is 11.6 Å². The highest BCUT2D eigenvalue weighted by atomic mass is 16.1. The summed E-state index contributed by atoms with van der Waals surface area (Å²) in [6.07, 6.45) is 0. The molecule has 1 heterocycles. The highest BCUT2D eigenvalue weighted by molar-refractivity contribution is 5.82. The van der Waals surface area contributed by atoms with E-state index in [2.05, 4.69) is 10.3 Å². The van der Waals surface area contributed by atoms with Gasteiger partial charge in [0.2, 0.25) is 5.91 Å². The van der Waals surface area contributed by atoms with Crippen LogP contribution in [0.1, 0.15) is 13.8 Å². The smallest absolute Gasteiger partial charge is 0.240 e. The fraction of sp³-hybridized carbons (Fsp3) is 0.400. The van der Waals surface area contributed by atoms with E-state index in [1.165, 1.54) is 0 Å². The SMILES string of the molecule is CC(C)C(Nc1cccc(N)n1)C(N)=O. The zero-order chi connectivity index (χ0) is 11.4. The van der Waals surface area contributed by atoms with Crippen LogP contribution in [0.2, 0.25) is 0 Å². The maximum absolute atomic E-state index is 11.1. The summed E-state index contributed by atoms with van der Waals surface area (Å²) in [7, 11) is 0. The Labute approximate surface area is 88.9 Å². The van der Waals surface area contributed by atoms with Crippen molar-refractivity contribution < 1.29 is 4.79 Å². The van der Waals surface area contributed by atoms with Gasteiger partial charge >= 0.3 is 0 Å². The van der Waals surface area contributed by atoms with Crippen molar-refractivity contribution in [1.29, 1.82) is 0 Å². The fourth-order valence-corrected chi connectivity index (χ4v) is 1.26. The Morgan fingerprint density at radius 1 is 1.47 bits per heavy atom. The minimum absolute atomic E-state index is 0.103. The van der Waals surface area contributed by atoms with Crippen molar-refractivity contribution in [3.63, 3.8) is 0 Å². The van der Waals surface area contributed by atoms with Crippen LogP contribution in [0.15, 0.2) is 18.2 Å². The summed E-state index contributed by atoms with van der Waals surface area (Å²) < 4.78 is 0. The predicted octanol–water partition coefficient (Wildman–Crippen LogP) is 0.586. The second-order valence-corrected chi connectivity index (χ2v) is 3.72. The number of carbonyl (C=O) groups is 1. The van der Waals surface area contributed by atoms with Crippen LogP contribution in [0.4, 0.5) is 11.6 Å². The van der Waals surface area contributed by atoms with E-state index < -0.39 is 11.9 Å². The standard InChI is InChI=1S/C10H16N4O/c1-6(2)9(10(12)15)14-8-5-3-4-7(11)13-8/h3-6,9H,1-2H3,(H2,12,15)(H3,11,13,14). The second-order valence-electron chi connectivity index (χ2n) is 3.72. The first kappa shape index (κ1) is 11.3. The molecule has 0 aromatic carbocycles. The minimum atomic E-state index is -0.431. The minimum Gasteiger partial charge on any atom is -0.384 e. The Morgan fingerprint density at radius 3 is 2.60 bits per heavy atom. The Morgan fingerprint density at radius 2 is 2.13 bits per heavy atom. The van der Waals surface area contributed by atoms with Gasteiger partial charge < -0.3 is 16.8 Å². The van der Waals surface area contributed by atoms with Gasteiger partial charge in [-0.1, -0.05) is 19.9 Å². The quantitative estimate of drug-likeness (QED) is 0.674. The Bertz CT molecular complexity index is 351. The molecule has 0 bridgehead atoms. The van der Waals surface area contributed by atoms with Crippen molar-refractivity contribution >= 4 is 17.5 Å². The number of rotatable bonds is 4. The van der Waals surface area contributed by atoms with Crippen LogP contribution in [0.3, 0.4) is 0 Å². The number of amides is 1. The van der Waals surface area contributed by atoms with Gasteiger partial charge in [0.1, 0.15) is 17.7 Å². The third kappa shape index (κ3) is 3.12. The van der Waals surface area contributed by atoms with Crippen molar-refractivity contribution in [2.45, 2.75) is 19.9 Å². The van der Waals surface area contributed by atoms with Crippen LogP contribution < -0.4 is 16.8 Å². The van der Waals surface area contributed by atoms with Crippen molar-refractivity contribution in [1.82, 2.24) is 4.98 Å². The maximum Gasteiger partial charge on any atom is 0.240 e. The van der Waals surface area contributed by atoms with Gasteiger partial charge in [0.05, 0.1) is 0 Å². The number of nitrogens with one attached hydrogen (secondary N) is 1. The van der Waals surface area contributed by atoms with Crippen molar-refractivity contribution in [2.24, 2.45) is 11.7 Å². The normalized spacial score (nSPS) is 12.5. The molecule has 1 unspecified atom stereocenters. The van der Waals surface area contributed by atoms with Gasteiger partial charge in [0.25, 0.3) is 0 Å². The van der Waals surface area contributed by atoms with Gasteiger partial charge in [-0.2, -0.15) is 0 Å². The van der Waals surface area contributed by atoms with Gasteiger partial charge in [0, 0.05) is 0 Å². The van der Waals surface area contributed by atoms with Gasteiger partial charge in [0.15, 0.2) is 0 Å². The molecule has 1 atom stereocenters. The largest absolute Gasteiger partial charge is 0.384 e. The Kier molecular flexibility index (Phi) is 3.49. The maximum atomic E-state index is 11.1. The van der Waals surface area contributed by atoms with Crippen LogP contribution in [0.25, 0.3) is 0 Å². The fourth-order valence-electron chi connectivity index (χ4n) is 1.26. The molecule has 0 aliphatic carbocycles. The number of aromatic nitrogens is 1. The van der Waals surface area contributed by atoms with Crippen molar-refractivity contribution in [3.8, 4) is 0 Å². The molecule has 1 aromatic rings. The van der Waals surface area contributed by atoms with Crippen LogP contribution in [0.5, 0.6) is 0 Å². The van der Waals surface area contributed by atoms with E-state index in [0.717, 1.165) is 0 Å². The lowest BCUT2D eigenvalue weighted by molar-refractivity contribution is -0.119. The summed E-state index contributed by atoms with van der Waals surface area (Å²) in [6, 6.07) is 4.76. The summed E-state index contributed by atoms with van der Waals surface area (Å²) in [4.78, 5) is 15.2. The van der Waals surface area contributed by atoms with Crippen molar-refractivity contribution in [3.05, 3.63) is 18.2 Å². The van der Waals surface area contributed by atoms with E-state index in [-0.39, 0.29) is 5.92 Å². The third-order valence-electron chi connectivity index (χ3n) is 2.05. The molecule has 0 saturated heterocycles. The molecule has 1 aromatic heterocycles. The van der Waals surface area contributed by atoms with Crippen LogP contribution in [-0.4, -0.2) is 16.9 Å². The number of hydrogen-bond donors (Lipinski definition) is 3. The first-order valence-electron chi connectivity index (χ1n) is 4.79. The number of nitrogens with zero attached hydrogens (tertiary/aromatic N) is 1. The molecular formula is C10H16N4O. The van der Waals surface area contributed by atoms with Gasteiger partial charge in [-0.15, -0.1) is 0 Å². The molecule has 5 heteroatoms. The molecule has 5 N–H and O–H groups in total. The van der Waals surface area contributed by atoms with Crippen LogP contribution >= 0.6 is 0 Å². The summed E-state index contributed by atoms with van der Waals surface area (Å²) in [6.45, 7) is 3.82. The van der Waals surface area contributed by atoms with E-state index in [1.807, 2.05) is 13.8 Å². The average Bonchev–Trinajstić information content (AvgIpc) is 2.13. The Balaban J connectivity index is 2.79. The molecule has 0 radical (unpaired) electrons. The lowest BCUT2D eigenvalue weighted by atomic mass is 10.0. The lowest BCUT2D eigenvalue weighted by Crippen LogP contribution is -2.39. The number of carbonyl (C=O) groups excluding carboxylic acids is 1. The monoisotopic (exact) mass is 208 g/mol. The zero-order valence-corrected chi connectivity index (χ0v) is 8.90. The van der Waals surface area contributed by atoms with Crippen LogP contribution in [-0.2, 0) is 4.79 Å². The van der Waals surface area contributed by atoms with E-state index >= 15 is 0 Å². The lowest BCUT2D eigenvalue weighted by Gasteiger charge is -2.19. The molecule has 0 spiro atoms. The summed E-state index contributed by atoms with van der Waals surface area (Å²) in [5, 5.41) is 2.95. The van der Waals surface area contributed by atoms with Gasteiger partial charge in [-0.25, -0.2) is 4.98 Å². The van der Waals surface area contributed by atoms with Gasteiger partial charge in [-0.3, -0.25) is 4.79 Å². The first-order valence-corrected chi connectivity index (χ1v) is 4.79. The summed E-state index contributed by atoms with van der Waals surface area (Å²) >= 11 is 0. The number of hydrogen-bond acceptors (Lipinski definition) is 4. The Hall–Kier alpha value is -1.78. The van der Waals surface area contributed by atoms with E-state index in [4.69, 9.17) is 11.5 Å². The molecule has 1 amide bonds. The molecule has 5 nitrogen and oxygen atoms in total. The van der Waals surface area contributed by atoms with E-state index in [1.54, 1.807) is 18.2 Å². The molecule has 15 heavy (non-hydrogen) atoms. The summed E-state index contributed by atoms with van der Waals surface area (Å²) in [5.74, 6) is 0.680. The molecule has 1 rings (SSSR count). The number of nitrogens with two attached hydrogens (primary N) is 2. The zero-order valence-electron chi connectivity index (χ0n) is 8.90. The van der Waals surface area contributed by atoms with Crippen molar-refractivity contribution in [2.75, 3.05) is 11.1 Å². The topological polar surface area (TPSA) is 94.0 Å². The van der Waals surface area contributed by atoms with E-state index in [9.17, 15) is 4.79 Å². The highest BCUT2D eigenvalue weighted by Gasteiger charge is 2.19. The number of pyridine rings is 1. The molecule has 0 aliphatic heterocycles. The molecule has 82 valence electrons. The molecular weight excluding hydrogens is 192 g/mol. The third-order valence-corrected chi connectivity index (χ3v) is 2.05. The molecule has 0 fully saturated rings. The van der Waals surface area contributed by atoms with Crippen LogP contribution in [0, 0.1) is 5.92 Å². The molecule has 0 saturated carbocycles.